The van der Waals surface area contributed by atoms with Crippen LogP contribution in [0.25, 0.3) is 10.9 Å². The Kier molecular flexibility index (Phi) is 7.74. The standard InChI is InChI=1S/C17H20ClN3O.2ClH/c1-11-6-7-21(14(8-11)10-19)17(22)15-5-3-12-2-4-13(18)9-16(12)20-15;;/h2-5,9,11,14H,6-8,10,19H2,1H3;2*1H. The summed E-state index contributed by atoms with van der Waals surface area (Å²) in [6.07, 6.45) is 1.98. The zero-order chi connectivity index (χ0) is 15.7. The Morgan fingerprint density at radius 1 is 1.33 bits per heavy atom. The van der Waals surface area contributed by atoms with Crippen molar-refractivity contribution in [3.63, 3.8) is 0 Å². The molecule has 0 radical (unpaired) electrons. The molecule has 1 saturated heterocycles. The van der Waals surface area contributed by atoms with E-state index in [1.165, 1.54) is 0 Å². The molecule has 24 heavy (non-hydrogen) atoms. The summed E-state index contributed by atoms with van der Waals surface area (Å²) in [5, 5.41) is 1.60. The van der Waals surface area contributed by atoms with Gasteiger partial charge in [0, 0.05) is 29.5 Å². The van der Waals surface area contributed by atoms with Gasteiger partial charge in [0.15, 0.2) is 0 Å². The number of amides is 1. The molecule has 7 heteroatoms. The van der Waals surface area contributed by atoms with Crippen molar-refractivity contribution in [1.82, 2.24) is 9.88 Å². The summed E-state index contributed by atoms with van der Waals surface area (Å²) < 4.78 is 0. The summed E-state index contributed by atoms with van der Waals surface area (Å²) in [6, 6.07) is 9.31. The number of fused-ring (bicyclic) bond motifs is 1. The number of pyridine rings is 1. The third kappa shape index (κ3) is 4.31. The van der Waals surface area contributed by atoms with E-state index in [1.807, 2.05) is 23.1 Å². The topological polar surface area (TPSA) is 59.2 Å². The van der Waals surface area contributed by atoms with E-state index in [-0.39, 0.29) is 36.8 Å². The van der Waals surface area contributed by atoms with Crippen molar-refractivity contribution in [2.75, 3.05) is 13.1 Å². The van der Waals surface area contributed by atoms with Gasteiger partial charge in [-0.05, 0) is 37.0 Å². The molecule has 2 aromatic rings. The molecule has 1 aliphatic heterocycles. The summed E-state index contributed by atoms with van der Waals surface area (Å²) in [7, 11) is 0. The van der Waals surface area contributed by atoms with Gasteiger partial charge < -0.3 is 10.6 Å². The average molecular weight is 391 g/mol. The van der Waals surface area contributed by atoms with E-state index < -0.39 is 0 Å². The number of rotatable bonds is 2. The first-order valence-electron chi connectivity index (χ1n) is 7.66. The SMILES string of the molecule is CC1CCN(C(=O)c2ccc3ccc(Cl)cc3n2)C(CN)C1.Cl.Cl. The number of nitrogens with two attached hydrogens (primary N) is 1. The zero-order valence-corrected chi connectivity index (χ0v) is 15.8. The largest absolute Gasteiger partial charge is 0.333 e. The van der Waals surface area contributed by atoms with E-state index in [1.54, 1.807) is 12.1 Å². The third-order valence-electron chi connectivity index (χ3n) is 4.38. The highest BCUT2D eigenvalue weighted by molar-refractivity contribution is 6.31. The van der Waals surface area contributed by atoms with Crippen LogP contribution in [-0.2, 0) is 0 Å². The molecule has 132 valence electrons. The number of hydrogen-bond donors (Lipinski definition) is 1. The average Bonchev–Trinajstić information content (AvgIpc) is 2.53. The number of carbonyl (C=O) groups excluding carboxylic acids is 1. The molecule has 2 atom stereocenters. The van der Waals surface area contributed by atoms with Crippen LogP contribution < -0.4 is 5.73 Å². The van der Waals surface area contributed by atoms with E-state index in [0.717, 1.165) is 30.3 Å². The highest BCUT2D eigenvalue weighted by Crippen LogP contribution is 2.24. The molecule has 1 aliphatic rings. The molecule has 0 saturated carbocycles. The lowest BCUT2D eigenvalue weighted by Gasteiger charge is -2.37. The maximum atomic E-state index is 12.8. The van der Waals surface area contributed by atoms with Gasteiger partial charge >= 0.3 is 0 Å². The van der Waals surface area contributed by atoms with Crippen molar-refractivity contribution >= 4 is 53.2 Å². The van der Waals surface area contributed by atoms with Gasteiger partial charge in [-0.1, -0.05) is 30.7 Å². The number of hydrogen-bond acceptors (Lipinski definition) is 3. The molecule has 2 unspecified atom stereocenters. The lowest BCUT2D eigenvalue weighted by atomic mass is 9.92. The number of halogens is 3. The van der Waals surface area contributed by atoms with Gasteiger partial charge in [-0.2, -0.15) is 0 Å². The Balaban J connectivity index is 0.00000144. The molecule has 2 N–H and O–H groups in total. The van der Waals surface area contributed by atoms with E-state index in [0.29, 0.717) is 23.2 Å². The zero-order valence-electron chi connectivity index (χ0n) is 13.4. The van der Waals surface area contributed by atoms with Gasteiger partial charge in [0.1, 0.15) is 5.69 Å². The maximum absolute atomic E-state index is 12.8. The number of aromatic nitrogens is 1. The first kappa shape index (κ1) is 21.0. The molecule has 1 aromatic carbocycles. The van der Waals surface area contributed by atoms with Crippen molar-refractivity contribution in [3.8, 4) is 0 Å². The van der Waals surface area contributed by atoms with Crippen LogP contribution in [0.1, 0.15) is 30.3 Å². The second-order valence-corrected chi connectivity index (χ2v) is 6.49. The molecular formula is C17H22Cl3N3O. The van der Waals surface area contributed by atoms with Gasteiger partial charge in [0.05, 0.1) is 5.52 Å². The Hall–Kier alpha value is -1.07. The van der Waals surface area contributed by atoms with Crippen molar-refractivity contribution in [2.45, 2.75) is 25.8 Å². The fraction of sp³-hybridized carbons (Fsp3) is 0.412. The van der Waals surface area contributed by atoms with Crippen LogP contribution in [0.5, 0.6) is 0 Å². The number of likely N-dealkylation sites (tertiary alicyclic amines) is 1. The van der Waals surface area contributed by atoms with Crippen molar-refractivity contribution < 1.29 is 4.79 Å². The second-order valence-electron chi connectivity index (χ2n) is 6.05. The normalized spacial score (nSPS) is 20.2. The molecular weight excluding hydrogens is 369 g/mol. The molecule has 2 heterocycles. The van der Waals surface area contributed by atoms with Crippen molar-refractivity contribution in [1.29, 1.82) is 0 Å². The first-order chi connectivity index (χ1) is 10.6. The minimum atomic E-state index is -0.0378. The van der Waals surface area contributed by atoms with E-state index in [4.69, 9.17) is 17.3 Å². The Labute approximate surface area is 159 Å². The van der Waals surface area contributed by atoms with Crippen LogP contribution >= 0.6 is 36.4 Å². The number of carbonyl (C=O) groups is 1. The minimum absolute atomic E-state index is 0. The molecule has 1 fully saturated rings. The number of piperidine rings is 1. The predicted octanol–water partition coefficient (Wildman–Crippen LogP) is 3.93. The third-order valence-corrected chi connectivity index (χ3v) is 4.62. The number of benzene rings is 1. The molecule has 4 nitrogen and oxygen atoms in total. The maximum Gasteiger partial charge on any atom is 0.272 e. The predicted molar refractivity (Wildman–Crippen MR) is 104 cm³/mol. The Morgan fingerprint density at radius 3 is 2.75 bits per heavy atom. The van der Waals surface area contributed by atoms with Crippen molar-refractivity contribution in [3.05, 3.63) is 41.0 Å². The Morgan fingerprint density at radius 2 is 2.04 bits per heavy atom. The van der Waals surface area contributed by atoms with Gasteiger partial charge in [0.25, 0.3) is 5.91 Å². The van der Waals surface area contributed by atoms with Crippen LogP contribution in [0.2, 0.25) is 5.02 Å². The lowest BCUT2D eigenvalue weighted by Crippen LogP contribution is -2.49. The van der Waals surface area contributed by atoms with Crippen LogP contribution in [0, 0.1) is 5.92 Å². The summed E-state index contributed by atoms with van der Waals surface area (Å²) in [5.74, 6) is 0.574. The summed E-state index contributed by atoms with van der Waals surface area (Å²) in [5.41, 5.74) is 7.05. The molecule has 1 amide bonds. The lowest BCUT2D eigenvalue weighted by molar-refractivity contribution is 0.0568. The van der Waals surface area contributed by atoms with E-state index in [9.17, 15) is 4.79 Å². The molecule has 0 aliphatic carbocycles. The monoisotopic (exact) mass is 389 g/mol. The van der Waals surface area contributed by atoms with Crippen LogP contribution in [-0.4, -0.2) is 34.9 Å². The molecule has 1 aromatic heterocycles. The van der Waals surface area contributed by atoms with E-state index >= 15 is 0 Å². The summed E-state index contributed by atoms with van der Waals surface area (Å²) in [6.45, 7) is 3.45. The first-order valence-corrected chi connectivity index (χ1v) is 8.03. The summed E-state index contributed by atoms with van der Waals surface area (Å²) >= 11 is 6.01. The van der Waals surface area contributed by atoms with Crippen LogP contribution in [0.3, 0.4) is 0 Å². The smallest absolute Gasteiger partial charge is 0.272 e. The second kappa shape index (κ2) is 8.86. The molecule has 0 bridgehead atoms. The van der Waals surface area contributed by atoms with Crippen LogP contribution in [0.15, 0.2) is 30.3 Å². The fourth-order valence-electron chi connectivity index (χ4n) is 3.10. The molecule has 0 spiro atoms. The van der Waals surface area contributed by atoms with Crippen LogP contribution in [0.4, 0.5) is 0 Å². The number of nitrogens with zero attached hydrogens (tertiary/aromatic N) is 2. The molecule has 3 rings (SSSR count). The minimum Gasteiger partial charge on any atom is -0.333 e. The van der Waals surface area contributed by atoms with Gasteiger partial charge in [-0.3, -0.25) is 4.79 Å². The fourth-order valence-corrected chi connectivity index (χ4v) is 3.27. The highest BCUT2D eigenvalue weighted by atomic mass is 35.5. The van der Waals surface area contributed by atoms with Crippen molar-refractivity contribution in [2.24, 2.45) is 11.7 Å². The van der Waals surface area contributed by atoms with E-state index in [2.05, 4.69) is 11.9 Å². The van der Waals surface area contributed by atoms with Gasteiger partial charge in [-0.15, -0.1) is 24.8 Å². The summed E-state index contributed by atoms with van der Waals surface area (Å²) in [4.78, 5) is 19.1. The quantitative estimate of drug-likeness (QED) is 0.845. The Bertz CT molecular complexity index is 711. The van der Waals surface area contributed by atoms with Gasteiger partial charge in [0.2, 0.25) is 0 Å². The van der Waals surface area contributed by atoms with Gasteiger partial charge in [-0.25, -0.2) is 4.98 Å². The highest BCUT2D eigenvalue weighted by Gasteiger charge is 2.30.